The van der Waals surface area contributed by atoms with E-state index < -0.39 is 17.4 Å². The molecule has 0 aliphatic heterocycles. The number of pyridine rings is 1. The first-order chi connectivity index (χ1) is 26.6. The van der Waals surface area contributed by atoms with Gasteiger partial charge in [-0.1, -0.05) is 60.1 Å². The van der Waals surface area contributed by atoms with Crippen molar-refractivity contribution in [2.45, 2.75) is 157 Å². The van der Waals surface area contributed by atoms with Crippen molar-refractivity contribution in [3.63, 3.8) is 0 Å². The molecule has 0 saturated heterocycles. The molecule has 1 aromatic heterocycles. The van der Waals surface area contributed by atoms with Crippen molar-refractivity contribution in [3.8, 4) is 0 Å². The van der Waals surface area contributed by atoms with Gasteiger partial charge in [0.05, 0.1) is 23.1 Å². The summed E-state index contributed by atoms with van der Waals surface area (Å²) >= 11 is 0. The van der Waals surface area contributed by atoms with E-state index in [0.29, 0.717) is 30.0 Å². The summed E-state index contributed by atoms with van der Waals surface area (Å²) in [6.07, 6.45) is 14.3. The SMILES string of the molecule is CC(C)C1=C2C3CCC4C5(C)CCC(OC(=O)CC(C)(C)C(=O)O)C(C)(C)C5CCC4(C)C3(C)CCC2(CCN(CCN(C)C)C2(c3ccccn3)CC2)CC1=O. The van der Waals surface area contributed by atoms with Crippen LogP contribution in [0.15, 0.2) is 35.5 Å². The Labute approximate surface area is 344 Å². The Balaban J connectivity index is 1.16. The zero-order valence-electron chi connectivity index (χ0n) is 37.4. The Morgan fingerprint density at radius 2 is 1.61 bits per heavy atom. The van der Waals surface area contributed by atoms with Crippen LogP contribution in [0.4, 0.5) is 0 Å². The van der Waals surface area contributed by atoms with Gasteiger partial charge < -0.3 is 14.7 Å². The quantitative estimate of drug-likeness (QED) is 0.198. The zero-order valence-corrected chi connectivity index (χ0v) is 37.4. The van der Waals surface area contributed by atoms with Crippen LogP contribution in [0, 0.1) is 56.2 Å². The third-order valence-corrected chi connectivity index (χ3v) is 18.1. The first kappa shape index (κ1) is 42.5. The van der Waals surface area contributed by atoms with Crippen LogP contribution < -0.4 is 0 Å². The van der Waals surface area contributed by atoms with Crippen molar-refractivity contribution in [2.75, 3.05) is 33.7 Å². The first-order valence-corrected chi connectivity index (χ1v) is 22.6. The number of rotatable bonds is 13. The number of fused-ring (bicyclic) bond motifs is 7. The normalized spacial score (nSPS) is 36.8. The molecule has 0 amide bonds. The highest BCUT2D eigenvalue weighted by atomic mass is 16.5. The third-order valence-electron chi connectivity index (χ3n) is 18.1. The lowest BCUT2D eigenvalue weighted by atomic mass is 9.33. The molecule has 1 N–H and O–H groups in total. The van der Waals surface area contributed by atoms with Gasteiger partial charge >= 0.3 is 11.9 Å². The number of carbonyl (C=O) groups excluding carboxylic acids is 2. The third kappa shape index (κ3) is 6.77. The fourth-order valence-corrected chi connectivity index (χ4v) is 14.6. The molecule has 8 unspecified atom stereocenters. The van der Waals surface area contributed by atoms with E-state index in [-0.39, 0.29) is 51.1 Å². The molecule has 1 heterocycles. The van der Waals surface area contributed by atoms with Crippen LogP contribution in [0.25, 0.3) is 0 Å². The second-order valence-corrected chi connectivity index (χ2v) is 22.5. The van der Waals surface area contributed by atoms with Crippen LogP contribution in [-0.4, -0.2) is 77.4 Å². The summed E-state index contributed by atoms with van der Waals surface area (Å²) in [4.78, 5) is 49.3. The number of carboxylic acids is 1. The summed E-state index contributed by atoms with van der Waals surface area (Å²) in [7, 11) is 4.34. The minimum absolute atomic E-state index is 0.00422. The predicted octanol–water partition coefficient (Wildman–Crippen LogP) is 9.72. The topological polar surface area (TPSA) is 100 Å². The molecule has 5 fully saturated rings. The molecule has 316 valence electrons. The summed E-state index contributed by atoms with van der Waals surface area (Å²) in [5.41, 5.74) is 2.85. The van der Waals surface area contributed by atoms with Crippen LogP contribution in [0.5, 0.6) is 0 Å². The minimum Gasteiger partial charge on any atom is -0.481 e. The van der Waals surface area contributed by atoms with E-state index >= 15 is 0 Å². The van der Waals surface area contributed by atoms with Crippen LogP contribution in [0.2, 0.25) is 0 Å². The van der Waals surface area contributed by atoms with Gasteiger partial charge in [0, 0.05) is 36.5 Å². The summed E-state index contributed by atoms with van der Waals surface area (Å²) in [5, 5.41) is 9.67. The first-order valence-electron chi connectivity index (χ1n) is 22.6. The Kier molecular flexibility index (Phi) is 10.9. The number of Topliss-reactive ketones (excluding diaryl/α,β-unsaturated/α-hetero) is 1. The van der Waals surface area contributed by atoms with Crippen molar-refractivity contribution in [1.29, 1.82) is 0 Å². The lowest BCUT2D eigenvalue weighted by molar-refractivity contribution is -0.233. The molecule has 0 spiro atoms. The second kappa shape index (κ2) is 14.6. The molecule has 7 rings (SSSR count). The maximum Gasteiger partial charge on any atom is 0.309 e. The van der Waals surface area contributed by atoms with E-state index in [0.717, 1.165) is 77.4 Å². The van der Waals surface area contributed by atoms with Gasteiger partial charge in [0.2, 0.25) is 0 Å². The number of ketones is 1. The number of likely N-dealkylation sites (N-methyl/N-ethyl adjacent to an activating group) is 1. The van der Waals surface area contributed by atoms with E-state index in [1.807, 2.05) is 12.3 Å². The Hall–Kier alpha value is -2.58. The summed E-state index contributed by atoms with van der Waals surface area (Å²) in [6, 6.07) is 6.38. The molecule has 1 aromatic rings. The van der Waals surface area contributed by atoms with Crippen molar-refractivity contribution in [2.24, 2.45) is 56.2 Å². The van der Waals surface area contributed by atoms with E-state index in [1.165, 1.54) is 24.1 Å². The average Bonchev–Trinajstić information content (AvgIpc) is 3.87. The highest BCUT2D eigenvalue weighted by Gasteiger charge is 2.70. The van der Waals surface area contributed by atoms with E-state index in [4.69, 9.17) is 9.72 Å². The van der Waals surface area contributed by atoms with E-state index in [2.05, 4.69) is 84.5 Å². The van der Waals surface area contributed by atoms with Crippen LogP contribution in [0.3, 0.4) is 0 Å². The predicted molar refractivity (Wildman–Crippen MR) is 225 cm³/mol. The molecular weight excluding hydrogens is 711 g/mol. The van der Waals surface area contributed by atoms with Gasteiger partial charge in [0.25, 0.3) is 0 Å². The lowest BCUT2D eigenvalue weighted by Gasteiger charge is -2.72. The number of carbonyl (C=O) groups is 3. The van der Waals surface area contributed by atoms with E-state index in [9.17, 15) is 19.5 Å². The molecule has 8 atom stereocenters. The number of allylic oxidation sites excluding steroid dienone is 2. The molecule has 57 heavy (non-hydrogen) atoms. The monoisotopic (exact) mass is 786 g/mol. The number of aliphatic carboxylic acids is 1. The van der Waals surface area contributed by atoms with Crippen molar-refractivity contribution in [1.82, 2.24) is 14.8 Å². The Morgan fingerprint density at radius 1 is 0.895 bits per heavy atom. The molecule has 6 aliphatic carbocycles. The van der Waals surface area contributed by atoms with Gasteiger partial charge in [-0.05, 0) is 163 Å². The fraction of sp³-hybridized carbons (Fsp3) is 0.796. The minimum atomic E-state index is -1.15. The van der Waals surface area contributed by atoms with Gasteiger partial charge in [0.15, 0.2) is 5.78 Å². The number of aromatic nitrogens is 1. The number of ether oxygens (including phenoxy) is 1. The van der Waals surface area contributed by atoms with Gasteiger partial charge in [-0.25, -0.2) is 0 Å². The Morgan fingerprint density at radius 3 is 2.23 bits per heavy atom. The zero-order chi connectivity index (χ0) is 41.6. The highest BCUT2D eigenvalue weighted by molar-refractivity contribution is 6.00. The molecule has 0 bridgehead atoms. The number of nitrogens with zero attached hydrogens (tertiary/aromatic N) is 3. The van der Waals surface area contributed by atoms with Crippen molar-refractivity contribution >= 4 is 17.7 Å². The number of hydrogen-bond donors (Lipinski definition) is 1. The Bertz CT molecular complexity index is 1760. The smallest absolute Gasteiger partial charge is 0.309 e. The molecule has 5 saturated carbocycles. The summed E-state index contributed by atoms with van der Waals surface area (Å²) < 4.78 is 6.22. The summed E-state index contributed by atoms with van der Waals surface area (Å²) in [6.45, 7) is 23.2. The van der Waals surface area contributed by atoms with Crippen LogP contribution in [0.1, 0.15) is 151 Å². The maximum atomic E-state index is 14.4. The van der Waals surface area contributed by atoms with Gasteiger partial charge in [-0.3, -0.25) is 24.3 Å². The molecule has 8 nitrogen and oxygen atoms in total. The van der Waals surface area contributed by atoms with Gasteiger partial charge in [0.1, 0.15) is 6.10 Å². The lowest BCUT2D eigenvalue weighted by Crippen LogP contribution is -2.65. The van der Waals surface area contributed by atoms with Gasteiger partial charge in [-0.15, -0.1) is 0 Å². The maximum absolute atomic E-state index is 14.4. The van der Waals surface area contributed by atoms with Crippen molar-refractivity contribution < 1.29 is 24.2 Å². The van der Waals surface area contributed by atoms with Crippen LogP contribution in [-0.2, 0) is 24.7 Å². The van der Waals surface area contributed by atoms with Crippen molar-refractivity contribution in [3.05, 3.63) is 41.2 Å². The fourth-order valence-electron chi connectivity index (χ4n) is 14.6. The number of esters is 1. The average molecular weight is 786 g/mol. The van der Waals surface area contributed by atoms with Gasteiger partial charge in [-0.2, -0.15) is 0 Å². The number of hydrogen-bond acceptors (Lipinski definition) is 7. The molecular formula is C49H75N3O5. The van der Waals surface area contributed by atoms with E-state index in [1.54, 1.807) is 19.4 Å². The largest absolute Gasteiger partial charge is 0.481 e. The molecule has 0 aromatic carbocycles. The molecule has 8 heteroatoms. The highest BCUT2D eigenvalue weighted by Crippen LogP contribution is 2.77. The second-order valence-electron chi connectivity index (χ2n) is 22.5. The van der Waals surface area contributed by atoms with Crippen LogP contribution >= 0.6 is 0 Å². The molecule has 0 radical (unpaired) electrons. The standard InChI is InChI=1S/C49H75N3O5/c1-32(2)40-34(53)30-48(25-27-52(29-28-51(10)11)49(23-24-49)37-14-12-13-26-50-37)22-21-46(8)33(41(40)48)15-16-36-45(7)19-18-38(57-39(54)31-43(3,4)42(55)56)44(5,6)35(45)17-20-47(36,46)9/h12-14,26,32-33,35-36,38H,15-25,27-31H2,1-11H3,(H,55,56). The number of carboxylic acid groups (broad SMARTS) is 1. The summed E-state index contributed by atoms with van der Waals surface area (Å²) in [5.74, 6) is 0.648. The molecule has 6 aliphatic rings.